The van der Waals surface area contributed by atoms with Crippen LogP contribution in [-0.2, 0) is 15.8 Å². The first-order valence-corrected chi connectivity index (χ1v) is 9.27. The monoisotopic (exact) mass is 351 g/mol. The van der Waals surface area contributed by atoms with Crippen molar-refractivity contribution in [3.05, 3.63) is 65.0 Å². The highest BCUT2D eigenvalue weighted by atomic mass is 32.2. The van der Waals surface area contributed by atoms with E-state index in [1.807, 2.05) is 32.0 Å². The summed E-state index contributed by atoms with van der Waals surface area (Å²) in [5, 5.41) is 0. The Labute approximate surface area is 142 Å². The number of hydrogen-bond acceptors (Lipinski definition) is 3. The lowest BCUT2D eigenvalue weighted by atomic mass is 10.1. The third kappa shape index (κ3) is 5.32. The van der Waals surface area contributed by atoms with Crippen molar-refractivity contribution in [3.8, 4) is 5.75 Å². The molecule has 0 saturated heterocycles. The fourth-order valence-electron chi connectivity index (χ4n) is 2.39. The maximum Gasteiger partial charge on any atom is 0.218 e. The molecular weight excluding hydrogens is 329 g/mol. The summed E-state index contributed by atoms with van der Waals surface area (Å²) < 4.78 is 44.7. The number of sulfonamides is 1. The average molecular weight is 351 g/mol. The molecule has 0 atom stereocenters. The number of ether oxygens (including phenoxy) is 1. The van der Waals surface area contributed by atoms with Crippen molar-refractivity contribution >= 4 is 10.0 Å². The quantitative estimate of drug-likeness (QED) is 0.769. The predicted octanol–water partition coefficient (Wildman–Crippen LogP) is 3.28. The average Bonchev–Trinajstić information content (AvgIpc) is 2.45. The van der Waals surface area contributed by atoms with E-state index in [9.17, 15) is 12.8 Å². The molecule has 0 aliphatic heterocycles. The molecule has 0 amide bonds. The number of halogens is 1. The van der Waals surface area contributed by atoms with Crippen LogP contribution in [0.3, 0.4) is 0 Å². The molecule has 0 N–H and O–H groups in total. The minimum absolute atomic E-state index is 0.227. The molecule has 0 radical (unpaired) electrons. The molecule has 130 valence electrons. The largest absolute Gasteiger partial charge is 0.492 e. The first-order chi connectivity index (χ1) is 11.3. The molecule has 24 heavy (non-hydrogen) atoms. The fraction of sp³-hybridized carbons (Fsp3) is 0.333. The van der Waals surface area contributed by atoms with Gasteiger partial charge in [0, 0.05) is 13.6 Å². The molecule has 6 heteroatoms. The second kappa shape index (κ2) is 7.77. The van der Waals surface area contributed by atoms with Crippen LogP contribution in [-0.4, -0.2) is 32.9 Å². The highest BCUT2D eigenvalue weighted by Gasteiger charge is 2.18. The third-order valence-corrected chi connectivity index (χ3v) is 5.41. The molecule has 0 aliphatic rings. The molecule has 0 unspecified atom stereocenters. The minimum atomic E-state index is -3.51. The lowest BCUT2D eigenvalue weighted by molar-refractivity contribution is 0.286. The Morgan fingerprint density at radius 2 is 1.75 bits per heavy atom. The number of nitrogens with zero attached hydrogens (tertiary/aromatic N) is 1. The second-order valence-corrected chi connectivity index (χ2v) is 7.96. The second-order valence-electron chi connectivity index (χ2n) is 5.88. The van der Waals surface area contributed by atoms with Crippen molar-refractivity contribution in [3.63, 3.8) is 0 Å². The van der Waals surface area contributed by atoms with Gasteiger partial charge in [-0.15, -0.1) is 0 Å². The summed E-state index contributed by atoms with van der Waals surface area (Å²) in [6, 6.07) is 11.5. The van der Waals surface area contributed by atoms with Crippen LogP contribution < -0.4 is 4.74 Å². The molecule has 0 bridgehead atoms. The van der Waals surface area contributed by atoms with E-state index in [1.54, 1.807) is 6.07 Å². The first kappa shape index (κ1) is 18.4. The maximum absolute atomic E-state index is 13.2. The predicted molar refractivity (Wildman–Crippen MR) is 93.1 cm³/mol. The van der Waals surface area contributed by atoms with Crippen molar-refractivity contribution in [2.24, 2.45) is 0 Å². The Bertz CT molecular complexity index is 785. The van der Waals surface area contributed by atoms with E-state index in [2.05, 4.69) is 0 Å². The molecule has 0 aromatic heterocycles. The Balaban J connectivity index is 1.92. The normalized spacial score (nSPS) is 11.7. The number of aryl methyl sites for hydroxylation is 2. The molecule has 2 rings (SSSR count). The molecule has 2 aromatic carbocycles. The highest BCUT2D eigenvalue weighted by molar-refractivity contribution is 7.88. The SMILES string of the molecule is Cc1cc(C)cc(OCCN(C)S(=O)(=O)Cc2cccc(F)c2)c1. The van der Waals surface area contributed by atoms with Crippen molar-refractivity contribution < 1.29 is 17.5 Å². The Hall–Kier alpha value is -1.92. The van der Waals surface area contributed by atoms with Gasteiger partial charge in [0.05, 0.1) is 5.75 Å². The van der Waals surface area contributed by atoms with Crippen LogP contribution in [0, 0.1) is 19.7 Å². The summed E-state index contributed by atoms with van der Waals surface area (Å²) >= 11 is 0. The van der Waals surface area contributed by atoms with Crippen molar-refractivity contribution in [2.75, 3.05) is 20.2 Å². The van der Waals surface area contributed by atoms with E-state index >= 15 is 0 Å². The van der Waals surface area contributed by atoms with E-state index in [-0.39, 0.29) is 18.9 Å². The Morgan fingerprint density at radius 1 is 1.08 bits per heavy atom. The Kier molecular flexibility index (Phi) is 5.96. The molecule has 0 aliphatic carbocycles. The van der Waals surface area contributed by atoms with E-state index < -0.39 is 15.8 Å². The zero-order chi connectivity index (χ0) is 17.7. The van der Waals surface area contributed by atoms with Gasteiger partial charge in [0.2, 0.25) is 10.0 Å². The molecule has 0 spiro atoms. The van der Waals surface area contributed by atoms with Crippen LogP contribution in [0.1, 0.15) is 16.7 Å². The first-order valence-electron chi connectivity index (χ1n) is 7.66. The fourth-order valence-corrected chi connectivity index (χ4v) is 3.57. The van der Waals surface area contributed by atoms with Crippen LogP contribution in [0.25, 0.3) is 0 Å². The summed E-state index contributed by atoms with van der Waals surface area (Å²) in [6.07, 6.45) is 0. The van der Waals surface area contributed by atoms with E-state index in [4.69, 9.17) is 4.74 Å². The smallest absolute Gasteiger partial charge is 0.218 e. The Morgan fingerprint density at radius 3 is 2.38 bits per heavy atom. The van der Waals surface area contributed by atoms with Crippen molar-refractivity contribution in [1.82, 2.24) is 4.31 Å². The third-order valence-electron chi connectivity index (χ3n) is 3.58. The summed E-state index contributed by atoms with van der Waals surface area (Å²) in [7, 11) is -2.01. The van der Waals surface area contributed by atoms with Crippen LogP contribution in [0.2, 0.25) is 0 Å². The van der Waals surface area contributed by atoms with Gasteiger partial charge in [0.1, 0.15) is 18.2 Å². The number of hydrogen-bond donors (Lipinski definition) is 0. The lowest BCUT2D eigenvalue weighted by Gasteiger charge is -2.18. The van der Waals surface area contributed by atoms with Crippen LogP contribution in [0.5, 0.6) is 5.75 Å². The highest BCUT2D eigenvalue weighted by Crippen LogP contribution is 2.16. The number of likely N-dealkylation sites (N-methyl/N-ethyl adjacent to an activating group) is 1. The van der Waals surface area contributed by atoms with Gasteiger partial charge in [0.15, 0.2) is 0 Å². The van der Waals surface area contributed by atoms with Crippen LogP contribution in [0.15, 0.2) is 42.5 Å². The van der Waals surface area contributed by atoms with Crippen LogP contribution >= 0.6 is 0 Å². The zero-order valence-electron chi connectivity index (χ0n) is 14.1. The zero-order valence-corrected chi connectivity index (χ0v) is 14.9. The molecular formula is C18H22FNO3S. The van der Waals surface area contributed by atoms with E-state index in [1.165, 1.54) is 29.6 Å². The summed E-state index contributed by atoms with van der Waals surface area (Å²) in [6.45, 7) is 4.44. The number of rotatable bonds is 7. The van der Waals surface area contributed by atoms with Gasteiger partial charge < -0.3 is 4.74 Å². The van der Waals surface area contributed by atoms with Gasteiger partial charge in [-0.05, 0) is 54.8 Å². The van der Waals surface area contributed by atoms with Crippen LogP contribution in [0.4, 0.5) is 4.39 Å². The van der Waals surface area contributed by atoms with Gasteiger partial charge >= 0.3 is 0 Å². The van der Waals surface area contributed by atoms with E-state index in [0.717, 1.165) is 16.9 Å². The summed E-state index contributed by atoms with van der Waals surface area (Å²) in [4.78, 5) is 0. The molecule has 0 saturated carbocycles. The molecule has 4 nitrogen and oxygen atoms in total. The molecule has 0 heterocycles. The van der Waals surface area contributed by atoms with Gasteiger partial charge in [-0.1, -0.05) is 18.2 Å². The minimum Gasteiger partial charge on any atom is -0.492 e. The lowest BCUT2D eigenvalue weighted by Crippen LogP contribution is -2.32. The van der Waals surface area contributed by atoms with Crippen molar-refractivity contribution in [2.45, 2.75) is 19.6 Å². The van der Waals surface area contributed by atoms with E-state index in [0.29, 0.717) is 5.56 Å². The van der Waals surface area contributed by atoms with Gasteiger partial charge in [-0.2, -0.15) is 0 Å². The molecule has 2 aromatic rings. The van der Waals surface area contributed by atoms with Gasteiger partial charge in [-0.3, -0.25) is 0 Å². The summed E-state index contributed by atoms with van der Waals surface area (Å²) in [5.41, 5.74) is 2.62. The molecule has 0 fully saturated rings. The van der Waals surface area contributed by atoms with Gasteiger partial charge in [-0.25, -0.2) is 17.1 Å². The topological polar surface area (TPSA) is 46.6 Å². The van der Waals surface area contributed by atoms with Crippen molar-refractivity contribution in [1.29, 1.82) is 0 Å². The standard InChI is InChI=1S/C18H22FNO3S/c1-14-9-15(2)11-18(10-14)23-8-7-20(3)24(21,22)13-16-5-4-6-17(19)12-16/h4-6,9-12H,7-8,13H2,1-3H3. The summed E-state index contributed by atoms with van der Waals surface area (Å²) in [5.74, 6) is 0.0529. The maximum atomic E-state index is 13.2. The van der Waals surface area contributed by atoms with Gasteiger partial charge in [0.25, 0.3) is 0 Å². The number of benzene rings is 2.